The van der Waals surface area contributed by atoms with Gasteiger partial charge >= 0.3 is 0 Å². The highest BCUT2D eigenvalue weighted by molar-refractivity contribution is 5.35. The first-order valence-corrected chi connectivity index (χ1v) is 9.21. The summed E-state index contributed by atoms with van der Waals surface area (Å²) in [4.78, 5) is 9.66. The molecule has 25 heavy (non-hydrogen) atoms. The number of pyridine rings is 1. The van der Waals surface area contributed by atoms with Gasteiger partial charge in [-0.1, -0.05) is 38.5 Å². The van der Waals surface area contributed by atoms with Crippen LogP contribution in [0.1, 0.15) is 50.8 Å². The number of nitrogens with one attached hydrogen (secondary N) is 1. The smallest absolute Gasteiger partial charge is 0.149 e. The molecule has 2 atom stereocenters. The average Bonchev–Trinajstić information content (AvgIpc) is 3.33. The van der Waals surface area contributed by atoms with Crippen molar-refractivity contribution in [1.82, 2.24) is 4.98 Å². The number of aromatic nitrogens is 1. The van der Waals surface area contributed by atoms with Crippen LogP contribution >= 0.6 is 0 Å². The second kappa shape index (κ2) is 7.87. The SMILES string of the molecule is CCONc1cccc(CCOc2ccc(C3CC3(C)CC)cc2)n1. The lowest BCUT2D eigenvalue weighted by Gasteiger charge is -2.10. The summed E-state index contributed by atoms with van der Waals surface area (Å²) in [5.74, 6) is 2.37. The maximum absolute atomic E-state index is 5.87. The van der Waals surface area contributed by atoms with E-state index in [1.807, 2.05) is 25.1 Å². The standard InChI is InChI=1S/C21H28N2O2/c1-4-21(3)15-19(21)16-9-11-18(12-10-16)24-14-13-17-7-6-8-20(22-17)23-25-5-2/h6-12,19H,4-5,13-15H2,1-3H3,(H,22,23). The first kappa shape index (κ1) is 17.7. The molecule has 0 saturated heterocycles. The number of hydrogen-bond acceptors (Lipinski definition) is 4. The van der Waals surface area contributed by atoms with Gasteiger partial charge in [0.25, 0.3) is 0 Å². The van der Waals surface area contributed by atoms with Crippen LogP contribution in [0, 0.1) is 5.41 Å². The molecule has 2 aromatic rings. The molecule has 4 heteroatoms. The van der Waals surface area contributed by atoms with Gasteiger partial charge in [-0.15, -0.1) is 0 Å². The molecule has 1 saturated carbocycles. The van der Waals surface area contributed by atoms with Crippen molar-refractivity contribution in [3.8, 4) is 5.75 Å². The van der Waals surface area contributed by atoms with Crippen molar-refractivity contribution in [1.29, 1.82) is 0 Å². The van der Waals surface area contributed by atoms with Crippen LogP contribution in [0.5, 0.6) is 5.75 Å². The number of rotatable bonds is 9. The van der Waals surface area contributed by atoms with E-state index in [4.69, 9.17) is 9.57 Å². The summed E-state index contributed by atoms with van der Waals surface area (Å²) < 4.78 is 5.87. The molecule has 134 valence electrons. The molecule has 1 fully saturated rings. The van der Waals surface area contributed by atoms with E-state index in [-0.39, 0.29) is 0 Å². The van der Waals surface area contributed by atoms with Crippen LogP contribution in [0.2, 0.25) is 0 Å². The quantitative estimate of drug-likeness (QED) is 0.655. The predicted molar refractivity (Wildman–Crippen MR) is 101 cm³/mol. The second-order valence-corrected chi connectivity index (χ2v) is 6.98. The lowest BCUT2D eigenvalue weighted by atomic mass is 9.99. The minimum absolute atomic E-state index is 0.509. The molecule has 1 N–H and O–H groups in total. The van der Waals surface area contributed by atoms with Gasteiger partial charge in [0, 0.05) is 12.1 Å². The molecule has 1 heterocycles. The normalized spacial score (nSPS) is 21.8. The number of hydrogen-bond donors (Lipinski definition) is 1. The van der Waals surface area contributed by atoms with Crippen LogP contribution in [-0.2, 0) is 11.3 Å². The number of anilines is 1. The highest BCUT2D eigenvalue weighted by Crippen LogP contribution is 2.61. The van der Waals surface area contributed by atoms with E-state index in [1.54, 1.807) is 0 Å². The molecular formula is C21H28N2O2. The van der Waals surface area contributed by atoms with Gasteiger partial charge in [-0.25, -0.2) is 10.5 Å². The van der Waals surface area contributed by atoms with Crippen LogP contribution in [0.4, 0.5) is 5.82 Å². The molecule has 0 bridgehead atoms. The maximum atomic E-state index is 5.87. The van der Waals surface area contributed by atoms with Crippen LogP contribution in [0.15, 0.2) is 42.5 Å². The first-order chi connectivity index (χ1) is 12.1. The fourth-order valence-corrected chi connectivity index (χ4v) is 3.21. The Kier molecular flexibility index (Phi) is 5.59. The zero-order valence-electron chi connectivity index (χ0n) is 15.4. The highest BCUT2D eigenvalue weighted by atomic mass is 16.6. The topological polar surface area (TPSA) is 43.4 Å². The van der Waals surface area contributed by atoms with E-state index in [2.05, 4.69) is 48.6 Å². The van der Waals surface area contributed by atoms with E-state index in [9.17, 15) is 0 Å². The molecular weight excluding hydrogens is 312 g/mol. The molecule has 0 amide bonds. The Labute approximate surface area is 150 Å². The molecule has 1 aromatic heterocycles. The Morgan fingerprint density at radius 1 is 1.16 bits per heavy atom. The van der Waals surface area contributed by atoms with Crippen molar-refractivity contribution in [2.75, 3.05) is 18.7 Å². The predicted octanol–water partition coefficient (Wildman–Crippen LogP) is 4.97. The van der Waals surface area contributed by atoms with Gasteiger partial charge in [-0.3, -0.25) is 4.84 Å². The Morgan fingerprint density at radius 2 is 1.96 bits per heavy atom. The van der Waals surface area contributed by atoms with Crippen molar-refractivity contribution in [2.45, 2.75) is 46.0 Å². The Morgan fingerprint density at radius 3 is 2.64 bits per heavy atom. The minimum atomic E-state index is 0.509. The highest BCUT2D eigenvalue weighted by Gasteiger charge is 2.48. The van der Waals surface area contributed by atoms with Crippen LogP contribution in [0.25, 0.3) is 0 Å². The largest absolute Gasteiger partial charge is 0.493 e. The van der Waals surface area contributed by atoms with Gasteiger partial charge in [0.05, 0.1) is 13.2 Å². The van der Waals surface area contributed by atoms with Gasteiger partial charge in [0.15, 0.2) is 0 Å². The summed E-state index contributed by atoms with van der Waals surface area (Å²) >= 11 is 0. The molecule has 1 aliphatic rings. The van der Waals surface area contributed by atoms with Crippen LogP contribution in [0.3, 0.4) is 0 Å². The van der Waals surface area contributed by atoms with Crippen molar-refractivity contribution < 1.29 is 9.57 Å². The zero-order valence-corrected chi connectivity index (χ0v) is 15.4. The third-order valence-electron chi connectivity index (χ3n) is 5.20. The fraction of sp³-hybridized carbons (Fsp3) is 0.476. The van der Waals surface area contributed by atoms with Crippen LogP contribution in [-0.4, -0.2) is 18.2 Å². The molecule has 1 aliphatic carbocycles. The van der Waals surface area contributed by atoms with Crippen LogP contribution < -0.4 is 10.2 Å². The van der Waals surface area contributed by atoms with Gasteiger partial charge in [0.2, 0.25) is 0 Å². The molecule has 2 unspecified atom stereocenters. The van der Waals surface area contributed by atoms with Gasteiger partial charge in [-0.2, -0.15) is 0 Å². The Balaban J connectivity index is 1.48. The molecule has 3 rings (SSSR count). The van der Waals surface area contributed by atoms with Gasteiger partial charge < -0.3 is 4.74 Å². The third-order valence-corrected chi connectivity index (χ3v) is 5.20. The number of benzene rings is 1. The molecule has 1 aromatic carbocycles. The summed E-state index contributed by atoms with van der Waals surface area (Å²) in [6.07, 6.45) is 3.32. The number of ether oxygens (including phenoxy) is 1. The van der Waals surface area contributed by atoms with E-state index >= 15 is 0 Å². The molecule has 4 nitrogen and oxygen atoms in total. The lowest BCUT2D eigenvalue weighted by molar-refractivity contribution is 0.209. The fourth-order valence-electron chi connectivity index (χ4n) is 3.21. The molecule has 0 aliphatic heterocycles. The second-order valence-electron chi connectivity index (χ2n) is 6.98. The summed E-state index contributed by atoms with van der Waals surface area (Å²) in [6.45, 7) is 7.81. The van der Waals surface area contributed by atoms with E-state index in [0.717, 1.165) is 29.6 Å². The van der Waals surface area contributed by atoms with E-state index in [0.29, 0.717) is 18.6 Å². The summed E-state index contributed by atoms with van der Waals surface area (Å²) in [6, 6.07) is 14.5. The monoisotopic (exact) mass is 340 g/mol. The van der Waals surface area contributed by atoms with Crippen molar-refractivity contribution in [3.05, 3.63) is 53.7 Å². The van der Waals surface area contributed by atoms with E-state index < -0.39 is 0 Å². The average molecular weight is 340 g/mol. The number of nitrogens with zero attached hydrogens (tertiary/aromatic N) is 1. The Bertz CT molecular complexity index is 687. The van der Waals surface area contributed by atoms with Gasteiger partial charge in [0.1, 0.15) is 11.6 Å². The summed E-state index contributed by atoms with van der Waals surface area (Å²) in [5.41, 5.74) is 5.76. The Hall–Kier alpha value is -2.07. The first-order valence-electron chi connectivity index (χ1n) is 9.21. The molecule has 0 spiro atoms. The minimum Gasteiger partial charge on any atom is -0.493 e. The summed E-state index contributed by atoms with van der Waals surface area (Å²) in [5, 5.41) is 0. The van der Waals surface area contributed by atoms with Crippen molar-refractivity contribution >= 4 is 5.82 Å². The third kappa shape index (κ3) is 4.51. The maximum Gasteiger partial charge on any atom is 0.149 e. The lowest BCUT2D eigenvalue weighted by Crippen LogP contribution is -2.06. The van der Waals surface area contributed by atoms with E-state index in [1.165, 1.54) is 18.4 Å². The molecule has 0 radical (unpaired) electrons. The summed E-state index contributed by atoms with van der Waals surface area (Å²) in [7, 11) is 0. The van der Waals surface area contributed by atoms with Gasteiger partial charge in [-0.05, 0) is 54.5 Å². The van der Waals surface area contributed by atoms with Crippen molar-refractivity contribution in [3.63, 3.8) is 0 Å². The van der Waals surface area contributed by atoms with Crippen molar-refractivity contribution in [2.24, 2.45) is 5.41 Å². The zero-order chi connectivity index (χ0) is 17.7.